The van der Waals surface area contributed by atoms with Gasteiger partial charge in [-0.3, -0.25) is 15.0 Å². The maximum absolute atomic E-state index is 14.7. The first-order valence-electron chi connectivity index (χ1n) is 8.47. The van der Waals surface area contributed by atoms with Crippen molar-refractivity contribution in [2.75, 3.05) is 20.2 Å². The van der Waals surface area contributed by atoms with Crippen molar-refractivity contribution in [3.05, 3.63) is 40.7 Å². The molecule has 2 aliphatic heterocycles. The molecule has 0 radical (unpaired) electrons. The molecule has 0 aromatic heterocycles. The molecular weight excluding hydrogens is 378 g/mol. The molecule has 10 heteroatoms. The lowest BCUT2D eigenvalue weighted by Gasteiger charge is -2.36. The molecule has 8 nitrogen and oxygen atoms in total. The lowest BCUT2D eigenvalue weighted by Crippen LogP contribution is -2.57. The molecule has 0 atom stereocenters. The number of amides is 2. The molecule has 3 rings (SSSR count). The molecule has 1 N–H and O–H groups in total. The van der Waals surface area contributed by atoms with Crippen LogP contribution >= 0.6 is 0 Å². The Bertz CT molecular complexity index is 834. The zero-order valence-electron chi connectivity index (χ0n) is 15.6. The van der Waals surface area contributed by atoms with Crippen LogP contribution in [0, 0.1) is 5.82 Å². The van der Waals surface area contributed by atoms with E-state index >= 15 is 0 Å². The molecule has 2 amide bonds. The maximum atomic E-state index is 14.7. The second-order valence-electron chi connectivity index (χ2n) is 7.11. The zero-order valence-corrected chi connectivity index (χ0v) is 15.6. The average molecular weight is 398 g/mol. The van der Waals surface area contributed by atoms with Crippen LogP contribution in [0.4, 0.5) is 8.78 Å². The minimum atomic E-state index is -0.960. The topological polar surface area (TPSA) is 86.3 Å². The molecule has 0 saturated heterocycles. The molecule has 0 spiro atoms. The van der Waals surface area contributed by atoms with Gasteiger partial charge in [0.15, 0.2) is 19.4 Å². The van der Waals surface area contributed by atoms with Crippen molar-refractivity contribution in [3.63, 3.8) is 0 Å². The average Bonchev–Trinajstić information content (AvgIpc) is 2.65. The van der Waals surface area contributed by atoms with Gasteiger partial charge in [0.25, 0.3) is 5.91 Å². The summed E-state index contributed by atoms with van der Waals surface area (Å²) in [6.07, 6.45) is 0. The van der Waals surface area contributed by atoms with Crippen molar-refractivity contribution in [1.29, 1.82) is 0 Å². The third-order valence-corrected chi connectivity index (χ3v) is 4.03. The Labute approximate surface area is 159 Å². The van der Waals surface area contributed by atoms with Gasteiger partial charge in [0.1, 0.15) is 18.2 Å². The quantitative estimate of drug-likeness (QED) is 0.769. The number of halogens is 2. The van der Waals surface area contributed by atoms with Gasteiger partial charge in [-0.1, -0.05) is 0 Å². The highest BCUT2D eigenvalue weighted by Crippen LogP contribution is 2.28. The van der Waals surface area contributed by atoms with Crippen LogP contribution in [0.1, 0.15) is 36.7 Å². The van der Waals surface area contributed by atoms with Crippen molar-refractivity contribution < 1.29 is 37.3 Å². The second-order valence-corrected chi connectivity index (χ2v) is 7.11. The molecule has 152 valence electrons. The van der Waals surface area contributed by atoms with Crippen molar-refractivity contribution in [2.45, 2.75) is 32.9 Å². The van der Waals surface area contributed by atoms with E-state index < -0.39 is 41.4 Å². The first-order chi connectivity index (χ1) is 13.2. The Hall–Kier alpha value is -2.72. The van der Waals surface area contributed by atoms with Crippen LogP contribution < -0.4 is 10.2 Å². The fraction of sp³-hybridized carbons (Fsp3) is 0.444. The SMILES string of the molecule is CC(C)(C)N(NC(=O)c1ccc2c(c1F)COCO2)C(=O)C1=C(F)COCO1. The Balaban J connectivity index is 1.88. The smallest absolute Gasteiger partial charge is 0.310 e. The molecule has 28 heavy (non-hydrogen) atoms. The Morgan fingerprint density at radius 1 is 1.07 bits per heavy atom. The van der Waals surface area contributed by atoms with Crippen molar-refractivity contribution in [1.82, 2.24) is 10.4 Å². The first kappa shape index (κ1) is 20.0. The maximum Gasteiger partial charge on any atom is 0.310 e. The molecule has 2 heterocycles. The number of hydrogen-bond donors (Lipinski definition) is 1. The number of nitrogens with zero attached hydrogens (tertiary/aromatic N) is 1. The molecule has 0 saturated carbocycles. The van der Waals surface area contributed by atoms with Gasteiger partial charge in [0.2, 0.25) is 5.76 Å². The van der Waals surface area contributed by atoms with E-state index in [-0.39, 0.29) is 37.1 Å². The molecule has 1 aromatic rings. The Morgan fingerprint density at radius 3 is 2.43 bits per heavy atom. The first-order valence-corrected chi connectivity index (χ1v) is 8.47. The normalized spacial score (nSPS) is 16.6. The van der Waals surface area contributed by atoms with E-state index in [1.165, 1.54) is 12.1 Å². The van der Waals surface area contributed by atoms with Gasteiger partial charge in [0, 0.05) is 0 Å². The van der Waals surface area contributed by atoms with Crippen molar-refractivity contribution in [3.8, 4) is 5.75 Å². The fourth-order valence-corrected chi connectivity index (χ4v) is 2.64. The highest BCUT2D eigenvalue weighted by atomic mass is 19.1. The van der Waals surface area contributed by atoms with E-state index in [2.05, 4.69) is 5.43 Å². The second kappa shape index (κ2) is 7.72. The summed E-state index contributed by atoms with van der Waals surface area (Å²) < 4.78 is 48.6. The summed E-state index contributed by atoms with van der Waals surface area (Å²) in [6.45, 7) is 4.10. The molecule has 2 aliphatic rings. The lowest BCUT2D eigenvalue weighted by atomic mass is 10.1. The third kappa shape index (κ3) is 3.92. The summed E-state index contributed by atoms with van der Waals surface area (Å²) in [5.41, 5.74) is 1.18. The monoisotopic (exact) mass is 398 g/mol. The highest BCUT2D eigenvalue weighted by Gasteiger charge is 2.35. The number of carbonyl (C=O) groups excluding carboxylic acids is 2. The van der Waals surface area contributed by atoms with E-state index in [1.54, 1.807) is 20.8 Å². The van der Waals surface area contributed by atoms with Crippen LogP contribution in [0.5, 0.6) is 5.75 Å². The van der Waals surface area contributed by atoms with Crippen molar-refractivity contribution in [2.24, 2.45) is 0 Å². The van der Waals surface area contributed by atoms with Crippen LogP contribution in [-0.4, -0.2) is 42.6 Å². The van der Waals surface area contributed by atoms with Gasteiger partial charge in [0.05, 0.1) is 23.3 Å². The minimum absolute atomic E-state index is 0.00528. The third-order valence-electron chi connectivity index (χ3n) is 4.03. The Morgan fingerprint density at radius 2 is 1.75 bits per heavy atom. The van der Waals surface area contributed by atoms with E-state index in [1.807, 2.05) is 0 Å². The fourth-order valence-electron chi connectivity index (χ4n) is 2.64. The van der Waals surface area contributed by atoms with Gasteiger partial charge in [-0.05, 0) is 32.9 Å². The van der Waals surface area contributed by atoms with Crippen LogP contribution in [0.3, 0.4) is 0 Å². The molecule has 1 aromatic carbocycles. The number of carbonyl (C=O) groups is 2. The summed E-state index contributed by atoms with van der Waals surface area (Å²) in [5, 5.41) is 0.890. The predicted octanol–water partition coefficient (Wildman–Crippen LogP) is 2.15. The molecule has 0 aliphatic carbocycles. The molecular formula is C18H20F2N2O6. The van der Waals surface area contributed by atoms with Crippen LogP contribution in [0.25, 0.3) is 0 Å². The van der Waals surface area contributed by atoms with Crippen LogP contribution in [0.2, 0.25) is 0 Å². The number of rotatable bonds is 2. The largest absolute Gasteiger partial charge is 0.467 e. The standard InChI is InChI=1S/C18H20F2N2O6/c1-18(2,3)22(17(24)15-12(19)7-26-9-28-15)21-16(23)10-4-5-13-11(14(10)20)6-25-8-27-13/h4-5H,6-9H2,1-3H3,(H,21,23). The van der Waals surface area contributed by atoms with Gasteiger partial charge >= 0.3 is 5.91 Å². The van der Waals surface area contributed by atoms with Crippen molar-refractivity contribution >= 4 is 11.8 Å². The van der Waals surface area contributed by atoms with Crippen LogP contribution in [-0.2, 0) is 25.6 Å². The number of fused-ring (bicyclic) bond motifs is 1. The number of nitrogens with one attached hydrogen (secondary N) is 1. The molecule has 0 unspecified atom stereocenters. The zero-order chi connectivity index (χ0) is 20.5. The highest BCUT2D eigenvalue weighted by molar-refractivity contribution is 5.99. The summed E-state index contributed by atoms with van der Waals surface area (Å²) in [7, 11) is 0. The molecule has 0 fully saturated rings. The number of hydrazine groups is 1. The lowest BCUT2D eigenvalue weighted by molar-refractivity contribution is -0.144. The van der Waals surface area contributed by atoms with Crippen LogP contribution in [0.15, 0.2) is 23.7 Å². The van der Waals surface area contributed by atoms with E-state index in [4.69, 9.17) is 18.9 Å². The summed E-state index contributed by atoms with van der Waals surface area (Å²) in [4.78, 5) is 25.4. The minimum Gasteiger partial charge on any atom is -0.467 e. The van der Waals surface area contributed by atoms with Gasteiger partial charge in [-0.15, -0.1) is 0 Å². The van der Waals surface area contributed by atoms with E-state index in [0.717, 1.165) is 5.01 Å². The Kier molecular flexibility index (Phi) is 5.52. The summed E-state index contributed by atoms with van der Waals surface area (Å²) in [6, 6.07) is 2.69. The summed E-state index contributed by atoms with van der Waals surface area (Å²) >= 11 is 0. The van der Waals surface area contributed by atoms with Gasteiger partial charge in [-0.2, -0.15) is 0 Å². The van der Waals surface area contributed by atoms with Gasteiger partial charge < -0.3 is 18.9 Å². The number of hydrogen-bond acceptors (Lipinski definition) is 6. The molecule has 0 bridgehead atoms. The predicted molar refractivity (Wildman–Crippen MR) is 90.8 cm³/mol. The number of ether oxygens (including phenoxy) is 4. The summed E-state index contributed by atoms with van der Waals surface area (Å²) in [5.74, 6) is -3.78. The van der Waals surface area contributed by atoms with E-state index in [9.17, 15) is 18.4 Å². The van der Waals surface area contributed by atoms with Gasteiger partial charge in [-0.25, -0.2) is 13.8 Å². The number of benzene rings is 1. The van der Waals surface area contributed by atoms with E-state index in [0.29, 0.717) is 0 Å².